The van der Waals surface area contributed by atoms with Crippen LogP contribution >= 0.6 is 0 Å². The number of nitrogens with zero attached hydrogens (tertiary/aromatic N) is 4. The molecule has 0 saturated heterocycles. The van der Waals surface area contributed by atoms with Gasteiger partial charge >= 0.3 is 6.09 Å². The zero-order valence-corrected chi connectivity index (χ0v) is 19.4. The fraction of sp³-hybridized carbons (Fsp3) is 0.261. The predicted molar refractivity (Wildman–Crippen MR) is 119 cm³/mol. The van der Waals surface area contributed by atoms with E-state index in [2.05, 4.69) is 4.98 Å². The largest absolute Gasteiger partial charge is 0.444 e. The fourth-order valence-electron chi connectivity index (χ4n) is 2.94. The van der Waals surface area contributed by atoms with Crippen molar-refractivity contribution in [2.45, 2.75) is 37.8 Å². The maximum Gasteiger partial charge on any atom is 0.410 e. The Morgan fingerprint density at radius 3 is 2.48 bits per heavy atom. The highest BCUT2D eigenvalue weighted by molar-refractivity contribution is 7.90. The van der Waals surface area contributed by atoms with E-state index in [1.807, 2.05) is 26.8 Å². The van der Waals surface area contributed by atoms with E-state index in [1.54, 1.807) is 25.2 Å². The summed E-state index contributed by atoms with van der Waals surface area (Å²) in [5.74, 6) is -0.926. The molecule has 1 aromatic carbocycles. The summed E-state index contributed by atoms with van der Waals surface area (Å²) >= 11 is 0. The minimum atomic E-state index is -4.23. The van der Waals surface area contributed by atoms with Crippen molar-refractivity contribution < 1.29 is 22.3 Å². The average Bonchev–Trinajstić information content (AvgIpc) is 3.13. The van der Waals surface area contributed by atoms with E-state index in [-0.39, 0.29) is 27.4 Å². The van der Waals surface area contributed by atoms with Gasteiger partial charge in [0, 0.05) is 36.1 Å². The number of pyridine rings is 1. The van der Waals surface area contributed by atoms with Gasteiger partial charge in [-0.15, -0.1) is 0 Å². The van der Waals surface area contributed by atoms with Gasteiger partial charge in [-0.3, -0.25) is 0 Å². The Morgan fingerprint density at radius 2 is 1.88 bits per heavy atom. The van der Waals surface area contributed by atoms with Gasteiger partial charge in [0.1, 0.15) is 24.1 Å². The third-order valence-corrected chi connectivity index (χ3v) is 6.76. The number of amides is 1. The highest BCUT2D eigenvalue weighted by Crippen LogP contribution is 2.32. The molecular weight excluding hydrogens is 447 g/mol. The molecule has 8 nitrogen and oxygen atoms in total. The first kappa shape index (κ1) is 23.9. The Bertz CT molecular complexity index is 1320. The number of rotatable bonds is 5. The van der Waals surface area contributed by atoms with E-state index < -0.39 is 34.1 Å². The lowest BCUT2D eigenvalue weighted by Crippen LogP contribution is -2.42. The molecular formula is C23H23FN4O4S. The summed E-state index contributed by atoms with van der Waals surface area (Å²) in [4.78, 5) is 17.6. The molecule has 3 aromatic rings. The molecule has 0 aliphatic rings. The summed E-state index contributed by atoms with van der Waals surface area (Å²) in [5, 5.41) is 9.43. The molecule has 0 unspecified atom stereocenters. The van der Waals surface area contributed by atoms with Gasteiger partial charge in [0.2, 0.25) is 0 Å². The minimum Gasteiger partial charge on any atom is -0.444 e. The zero-order chi connectivity index (χ0) is 24.4. The Morgan fingerprint density at radius 1 is 1.21 bits per heavy atom. The second-order valence-electron chi connectivity index (χ2n) is 8.23. The lowest BCUT2D eigenvalue weighted by molar-refractivity contribution is 0.0753. The van der Waals surface area contributed by atoms with Crippen molar-refractivity contribution in [1.82, 2.24) is 13.9 Å². The number of nitriles is 1. The second-order valence-corrected chi connectivity index (χ2v) is 10.0. The van der Waals surface area contributed by atoms with Crippen molar-refractivity contribution in [1.29, 1.82) is 5.26 Å². The number of ether oxygens (including phenoxy) is 1. The standard InChI is InChI=1S/C23H23FN4O4S/c1-23(2,3)27(4)22(29)32-15-16-14-28(33(30,31)17-9-6-5-7-10-17)21(20(16)24)18-11-8-12-26-19(18)13-25/h5-12,14H,15H2,1-4H3. The highest BCUT2D eigenvalue weighted by Gasteiger charge is 2.29. The Labute approximate surface area is 191 Å². The summed E-state index contributed by atoms with van der Waals surface area (Å²) in [7, 11) is -2.69. The number of hydrogen-bond acceptors (Lipinski definition) is 6. The molecule has 3 rings (SSSR count). The van der Waals surface area contributed by atoms with Crippen LogP contribution in [0.5, 0.6) is 0 Å². The van der Waals surface area contributed by atoms with E-state index in [4.69, 9.17) is 4.74 Å². The minimum absolute atomic E-state index is 0.00129. The monoisotopic (exact) mass is 470 g/mol. The molecule has 0 fully saturated rings. The Kier molecular flexibility index (Phi) is 6.56. The predicted octanol–water partition coefficient (Wildman–Crippen LogP) is 4.16. The average molecular weight is 471 g/mol. The van der Waals surface area contributed by atoms with Crippen molar-refractivity contribution in [3.05, 3.63) is 71.9 Å². The first-order chi connectivity index (χ1) is 15.5. The highest BCUT2D eigenvalue weighted by atomic mass is 32.2. The molecule has 2 heterocycles. The summed E-state index contributed by atoms with van der Waals surface area (Å²) in [6, 6.07) is 12.2. The molecule has 0 spiro atoms. The molecule has 0 saturated carbocycles. The molecule has 0 radical (unpaired) electrons. The van der Waals surface area contributed by atoms with Crippen LogP contribution in [0.2, 0.25) is 0 Å². The number of carbonyl (C=O) groups excluding carboxylic acids is 1. The van der Waals surface area contributed by atoms with Gasteiger partial charge in [-0.25, -0.2) is 26.6 Å². The van der Waals surface area contributed by atoms with Crippen LogP contribution in [0.1, 0.15) is 32.0 Å². The van der Waals surface area contributed by atoms with Crippen molar-refractivity contribution >= 4 is 16.1 Å². The van der Waals surface area contributed by atoms with Crippen molar-refractivity contribution in [2.24, 2.45) is 0 Å². The fourth-order valence-corrected chi connectivity index (χ4v) is 4.35. The van der Waals surface area contributed by atoms with Crippen LogP contribution in [0.15, 0.2) is 59.8 Å². The second kappa shape index (κ2) is 9.03. The van der Waals surface area contributed by atoms with Crippen LogP contribution in [0.3, 0.4) is 0 Å². The van der Waals surface area contributed by atoms with E-state index in [0.717, 1.165) is 10.2 Å². The maximum absolute atomic E-state index is 15.6. The van der Waals surface area contributed by atoms with Gasteiger partial charge in [-0.1, -0.05) is 18.2 Å². The van der Waals surface area contributed by atoms with Gasteiger partial charge in [-0.2, -0.15) is 5.26 Å². The molecule has 2 aromatic heterocycles. The third-order valence-electron chi connectivity index (χ3n) is 5.08. The van der Waals surface area contributed by atoms with E-state index in [9.17, 15) is 18.5 Å². The quantitative estimate of drug-likeness (QED) is 0.554. The van der Waals surface area contributed by atoms with Gasteiger partial charge < -0.3 is 9.64 Å². The van der Waals surface area contributed by atoms with E-state index in [0.29, 0.717) is 0 Å². The first-order valence-electron chi connectivity index (χ1n) is 9.95. The molecule has 33 heavy (non-hydrogen) atoms. The number of carbonyl (C=O) groups is 1. The van der Waals surface area contributed by atoms with Crippen molar-refractivity contribution in [3.8, 4) is 17.3 Å². The van der Waals surface area contributed by atoms with Crippen LogP contribution in [0.4, 0.5) is 9.18 Å². The molecule has 0 bridgehead atoms. The molecule has 1 amide bonds. The van der Waals surface area contributed by atoms with Crippen molar-refractivity contribution in [2.75, 3.05) is 7.05 Å². The SMILES string of the molecule is CN(C(=O)OCc1cn(S(=O)(=O)c2ccccc2)c(-c2cccnc2C#N)c1F)C(C)(C)C. The molecule has 0 aliphatic heterocycles. The number of halogens is 1. The molecule has 0 N–H and O–H groups in total. The lowest BCUT2D eigenvalue weighted by atomic mass is 10.1. The number of benzene rings is 1. The van der Waals surface area contributed by atoms with Gasteiger partial charge in [-0.05, 0) is 45.0 Å². The van der Waals surface area contributed by atoms with Crippen LogP contribution in [-0.4, -0.2) is 41.0 Å². The number of hydrogen-bond donors (Lipinski definition) is 0. The smallest absolute Gasteiger partial charge is 0.410 e. The molecule has 172 valence electrons. The normalized spacial score (nSPS) is 11.6. The summed E-state index contributed by atoms with van der Waals surface area (Å²) in [6.45, 7) is 4.92. The van der Waals surface area contributed by atoms with Crippen LogP contribution in [-0.2, 0) is 21.4 Å². The first-order valence-corrected chi connectivity index (χ1v) is 11.4. The lowest BCUT2D eigenvalue weighted by Gasteiger charge is -2.30. The Hall–Kier alpha value is -3.71. The summed E-state index contributed by atoms with van der Waals surface area (Å²) in [5.41, 5.74) is -1.19. The van der Waals surface area contributed by atoms with Crippen molar-refractivity contribution in [3.63, 3.8) is 0 Å². The summed E-state index contributed by atoms with van der Waals surface area (Å²) < 4.78 is 48.3. The molecule has 0 atom stereocenters. The van der Waals surface area contributed by atoms with Gasteiger partial charge in [0.25, 0.3) is 10.0 Å². The molecule has 0 aliphatic carbocycles. The zero-order valence-electron chi connectivity index (χ0n) is 18.6. The number of aromatic nitrogens is 2. The summed E-state index contributed by atoms with van der Waals surface area (Å²) in [6.07, 6.45) is 1.72. The maximum atomic E-state index is 15.6. The van der Waals surface area contributed by atoms with E-state index >= 15 is 4.39 Å². The van der Waals surface area contributed by atoms with Crippen LogP contribution in [0.25, 0.3) is 11.3 Å². The third kappa shape index (κ3) is 4.73. The van der Waals surface area contributed by atoms with Crippen LogP contribution in [0, 0.1) is 17.1 Å². The topological polar surface area (TPSA) is 105 Å². The molecule has 10 heteroatoms. The van der Waals surface area contributed by atoms with E-state index in [1.165, 1.54) is 35.4 Å². The Balaban J connectivity index is 2.13. The van der Waals surface area contributed by atoms with Gasteiger partial charge in [0.05, 0.1) is 4.90 Å². The van der Waals surface area contributed by atoms with Crippen LogP contribution < -0.4 is 0 Å². The van der Waals surface area contributed by atoms with Gasteiger partial charge in [0.15, 0.2) is 5.82 Å².